The SMILES string of the molecule is Nc1cc(C2CCCCS2(=O)=O)no1. The van der Waals surface area contributed by atoms with Gasteiger partial charge in [-0.25, -0.2) is 8.42 Å². The zero-order valence-corrected chi connectivity index (χ0v) is 8.46. The smallest absolute Gasteiger partial charge is 0.222 e. The Bertz CT molecular complexity index is 424. The molecule has 1 saturated heterocycles. The molecule has 1 atom stereocenters. The normalized spacial score (nSPS) is 26.1. The minimum absolute atomic E-state index is 0.167. The lowest BCUT2D eigenvalue weighted by Crippen LogP contribution is -2.21. The molecule has 1 fully saturated rings. The van der Waals surface area contributed by atoms with Gasteiger partial charge in [-0.2, -0.15) is 0 Å². The first-order valence-corrected chi connectivity index (χ1v) is 6.25. The Balaban J connectivity index is 2.33. The largest absolute Gasteiger partial charge is 0.368 e. The van der Waals surface area contributed by atoms with Crippen molar-refractivity contribution in [2.24, 2.45) is 0 Å². The molecule has 1 aliphatic heterocycles. The summed E-state index contributed by atoms with van der Waals surface area (Å²) in [6.07, 6.45) is 2.27. The Morgan fingerprint density at radius 1 is 1.50 bits per heavy atom. The van der Waals surface area contributed by atoms with Crippen LogP contribution in [-0.4, -0.2) is 19.3 Å². The van der Waals surface area contributed by atoms with E-state index in [-0.39, 0.29) is 11.6 Å². The summed E-state index contributed by atoms with van der Waals surface area (Å²) in [5, 5.41) is 3.14. The van der Waals surface area contributed by atoms with Crippen molar-refractivity contribution in [1.29, 1.82) is 0 Å². The van der Waals surface area contributed by atoms with Gasteiger partial charge in [-0.15, -0.1) is 0 Å². The molecule has 2 N–H and O–H groups in total. The lowest BCUT2D eigenvalue weighted by atomic mass is 10.1. The number of nitrogens with zero attached hydrogens (tertiary/aromatic N) is 1. The molecule has 6 heteroatoms. The molecule has 0 radical (unpaired) electrons. The highest BCUT2D eigenvalue weighted by Gasteiger charge is 2.32. The van der Waals surface area contributed by atoms with Crippen molar-refractivity contribution in [2.75, 3.05) is 11.5 Å². The van der Waals surface area contributed by atoms with Gasteiger partial charge < -0.3 is 10.3 Å². The quantitative estimate of drug-likeness (QED) is 0.753. The molecule has 2 heterocycles. The third-order valence-electron chi connectivity index (χ3n) is 2.46. The minimum atomic E-state index is -3.04. The van der Waals surface area contributed by atoms with E-state index in [2.05, 4.69) is 9.68 Å². The van der Waals surface area contributed by atoms with Gasteiger partial charge in [-0.05, 0) is 12.8 Å². The number of rotatable bonds is 1. The van der Waals surface area contributed by atoms with Gasteiger partial charge in [0, 0.05) is 6.07 Å². The van der Waals surface area contributed by atoms with Crippen molar-refractivity contribution >= 4 is 15.7 Å². The predicted octanol–water partition coefficient (Wildman–Crippen LogP) is 0.897. The Hall–Kier alpha value is -1.04. The second-order valence-corrected chi connectivity index (χ2v) is 5.81. The van der Waals surface area contributed by atoms with Crippen LogP contribution in [0.25, 0.3) is 0 Å². The van der Waals surface area contributed by atoms with Crippen LogP contribution in [0, 0.1) is 0 Å². The summed E-state index contributed by atoms with van der Waals surface area (Å²) in [5.74, 6) is 0.408. The Morgan fingerprint density at radius 2 is 2.29 bits per heavy atom. The molecule has 1 aromatic rings. The summed E-state index contributed by atoms with van der Waals surface area (Å²) in [6.45, 7) is 0. The second kappa shape index (κ2) is 3.27. The van der Waals surface area contributed by atoms with E-state index < -0.39 is 15.1 Å². The molecular weight excluding hydrogens is 204 g/mol. The van der Waals surface area contributed by atoms with Gasteiger partial charge in [-0.1, -0.05) is 11.6 Å². The van der Waals surface area contributed by atoms with Crippen molar-refractivity contribution in [1.82, 2.24) is 5.16 Å². The van der Waals surface area contributed by atoms with Gasteiger partial charge in [0.05, 0.1) is 5.75 Å². The molecule has 1 unspecified atom stereocenters. The molecule has 1 aromatic heterocycles. The van der Waals surface area contributed by atoms with E-state index in [1.807, 2.05) is 0 Å². The number of nitrogens with two attached hydrogens (primary N) is 1. The van der Waals surface area contributed by atoms with Gasteiger partial charge in [0.25, 0.3) is 0 Å². The van der Waals surface area contributed by atoms with Crippen LogP contribution in [0.5, 0.6) is 0 Å². The summed E-state index contributed by atoms with van der Waals surface area (Å²) in [5.41, 5.74) is 5.80. The highest BCUT2D eigenvalue weighted by atomic mass is 32.2. The van der Waals surface area contributed by atoms with E-state index in [1.54, 1.807) is 0 Å². The van der Waals surface area contributed by atoms with Crippen molar-refractivity contribution in [2.45, 2.75) is 24.5 Å². The fraction of sp³-hybridized carbons (Fsp3) is 0.625. The first kappa shape index (κ1) is 9.51. The molecule has 14 heavy (non-hydrogen) atoms. The number of hydrogen-bond donors (Lipinski definition) is 1. The van der Waals surface area contributed by atoms with Crippen LogP contribution in [-0.2, 0) is 9.84 Å². The number of aromatic nitrogens is 1. The zero-order chi connectivity index (χ0) is 10.2. The average Bonchev–Trinajstić information content (AvgIpc) is 2.51. The Kier molecular flexibility index (Phi) is 2.22. The second-order valence-electron chi connectivity index (χ2n) is 3.51. The van der Waals surface area contributed by atoms with E-state index in [4.69, 9.17) is 5.73 Å². The molecule has 0 aliphatic carbocycles. The molecule has 0 spiro atoms. The van der Waals surface area contributed by atoms with E-state index >= 15 is 0 Å². The standard InChI is InChI=1S/C8H12N2O3S/c9-8-5-6(10-13-8)7-3-1-2-4-14(7,11)12/h5,7H,1-4,9H2. The van der Waals surface area contributed by atoms with Crippen LogP contribution >= 0.6 is 0 Å². The predicted molar refractivity (Wildman–Crippen MR) is 51.3 cm³/mol. The Morgan fingerprint density at radius 3 is 2.86 bits per heavy atom. The summed E-state index contributed by atoms with van der Waals surface area (Å²) in [7, 11) is -3.04. The monoisotopic (exact) mass is 216 g/mol. The molecule has 0 bridgehead atoms. The fourth-order valence-electron chi connectivity index (χ4n) is 1.74. The van der Waals surface area contributed by atoms with E-state index in [0.29, 0.717) is 12.1 Å². The van der Waals surface area contributed by atoms with Gasteiger partial charge in [0.1, 0.15) is 10.9 Å². The van der Waals surface area contributed by atoms with Gasteiger partial charge >= 0.3 is 0 Å². The lowest BCUT2D eigenvalue weighted by Gasteiger charge is -2.19. The maximum atomic E-state index is 11.7. The van der Waals surface area contributed by atoms with Crippen LogP contribution < -0.4 is 5.73 Å². The molecule has 1 aliphatic rings. The lowest BCUT2D eigenvalue weighted by molar-refractivity contribution is 0.421. The van der Waals surface area contributed by atoms with Crippen molar-refractivity contribution < 1.29 is 12.9 Å². The summed E-state index contributed by atoms with van der Waals surface area (Å²) >= 11 is 0. The highest BCUT2D eigenvalue weighted by Crippen LogP contribution is 2.33. The van der Waals surface area contributed by atoms with Crippen molar-refractivity contribution in [3.63, 3.8) is 0 Å². The van der Waals surface area contributed by atoms with Crippen molar-refractivity contribution in [3.05, 3.63) is 11.8 Å². The summed E-state index contributed by atoms with van der Waals surface area (Å²) in [4.78, 5) is 0. The van der Waals surface area contributed by atoms with Crippen LogP contribution in [0.3, 0.4) is 0 Å². The van der Waals surface area contributed by atoms with Crippen molar-refractivity contribution in [3.8, 4) is 0 Å². The third-order valence-corrected chi connectivity index (χ3v) is 4.66. The zero-order valence-electron chi connectivity index (χ0n) is 7.64. The molecule has 0 saturated carbocycles. The van der Waals surface area contributed by atoms with Gasteiger partial charge in [0.2, 0.25) is 5.88 Å². The van der Waals surface area contributed by atoms with Crippen LogP contribution in [0.2, 0.25) is 0 Å². The number of anilines is 1. The average molecular weight is 216 g/mol. The fourth-order valence-corrected chi connectivity index (χ4v) is 3.64. The van der Waals surface area contributed by atoms with E-state index in [9.17, 15) is 8.42 Å². The number of sulfone groups is 1. The van der Waals surface area contributed by atoms with E-state index in [1.165, 1.54) is 6.07 Å². The summed E-state index contributed by atoms with van der Waals surface area (Å²) < 4.78 is 28.0. The Labute approximate surface area is 82.2 Å². The third kappa shape index (κ3) is 1.61. The molecule has 5 nitrogen and oxygen atoms in total. The first-order valence-electron chi connectivity index (χ1n) is 4.53. The molecule has 0 amide bonds. The molecule has 0 aromatic carbocycles. The van der Waals surface area contributed by atoms with Crippen LogP contribution in [0.1, 0.15) is 30.2 Å². The molecule has 2 rings (SSSR count). The maximum absolute atomic E-state index is 11.7. The first-order chi connectivity index (χ1) is 6.59. The molecular formula is C8H12N2O3S. The molecule has 78 valence electrons. The van der Waals surface area contributed by atoms with Crippen LogP contribution in [0.4, 0.5) is 5.88 Å². The maximum Gasteiger partial charge on any atom is 0.222 e. The highest BCUT2D eigenvalue weighted by molar-refractivity contribution is 7.91. The van der Waals surface area contributed by atoms with Gasteiger partial charge in [0.15, 0.2) is 9.84 Å². The van der Waals surface area contributed by atoms with Crippen LogP contribution in [0.15, 0.2) is 10.6 Å². The number of nitrogen functional groups attached to an aromatic ring is 1. The van der Waals surface area contributed by atoms with Gasteiger partial charge in [-0.3, -0.25) is 0 Å². The summed E-state index contributed by atoms with van der Waals surface area (Å²) in [6, 6.07) is 1.49. The van der Waals surface area contributed by atoms with E-state index in [0.717, 1.165) is 12.8 Å². The topological polar surface area (TPSA) is 86.2 Å². The minimum Gasteiger partial charge on any atom is -0.368 e. The number of hydrogen-bond acceptors (Lipinski definition) is 5.